The first-order chi connectivity index (χ1) is 12.9. The van der Waals surface area contributed by atoms with Gasteiger partial charge in [-0.15, -0.1) is 0 Å². The fourth-order valence-electron chi connectivity index (χ4n) is 3.37. The van der Waals surface area contributed by atoms with Gasteiger partial charge in [0.1, 0.15) is 6.54 Å². The van der Waals surface area contributed by atoms with Gasteiger partial charge < -0.3 is 4.90 Å². The zero-order valence-corrected chi connectivity index (χ0v) is 16.8. The van der Waals surface area contributed by atoms with Gasteiger partial charge in [-0.25, -0.2) is 8.42 Å². The van der Waals surface area contributed by atoms with Gasteiger partial charge in [0.25, 0.3) is 10.0 Å². The van der Waals surface area contributed by atoms with Gasteiger partial charge in [-0.05, 0) is 49.2 Å². The summed E-state index contributed by atoms with van der Waals surface area (Å²) in [5.74, 6) is -0.205. The van der Waals surface area contributed by atoms with Crippen LogP contribution in [0.15, 0.2) is 59.5 Å². The van der Waals surface area contributed by atoms with E-state index >= 15 is 0 Å². The minimum atomic E-state index is -3.90. The third-order valence-electron chi connectivity index (χ3n) is 4.99. The number of anilines is 1. The lowest BCUT2D eigenvalue weighted by atomic mass is 10.2. The number of hydrogen-bond acceptors (Lipinski definition) is 3. The maximum atomic E-state index is 13.2. The van der Waals surface area contributed by atoms with Gasteiger partial charge in [0.2, 0.25) is 5.91 Å². The summed E-state index contributed by atoms with van der Waals surface area (Å²) in [6.45, 7) is -0.234. The summed E-state index contributed by atoms with van der Waals surface area (Å²) in [6, 6.07) is 14.9. The van der Waals surface area contributed by atoms with E-state index in [4.69, 9.17) is 11.6 Å². The molecule has 0 saturated heterocycles. The molecule has 1 saturated carbocycles. The third-order valence-corrected chi connectivity index (χ3v) is 7.03. The molecular weight excluding hydrogens is 384 g/mol. The molecule has 0 bridgehead atoms. The largest absolute Gasteiger partial charge is 0.341 e. The summed E-state index contributed by atoms with van der Waals surface area (Å²) >= 11 is 5.89. The molecule has 144 valence electrons. The summed E-state index contributed by atoms with van der Waals surface area (Å²) in [4.78, 5) is 14.6. The van der Waals surface area contributed by atoms with E-state index < -0.39 is 10.0 Å². The number of likely N-dealkylation sites (N-methyl/N-ethyl adjacent to an activating group) is 1. The fraction of sp³-hybridized carbons (Fsp3) is 0.350. The first-order valence-corrected chi connectivity index (χ1v) is 10.8. The standard InChI is InChI=1S/C20H23ClN2O3S/c1-22(17-7-5-6-8-17)20(24)15-23(18-9-3-2-4-10-18)27(25,26)19-13-11-16(21)12-14-19/h2-4,9-14,17H,5-8,15H2,1H3. The summed E-state index contributed by atoms with van der Waals surface area (Å²) in [5, 5.41) is 0.456. The van der Waals surface area contributed by atoms with Crippen LogP contribution in [-0.2, 0) is 14.8 Å². The third kappa shape index (κ3) is 4.45. The van der Waals surface area contributed by atoms with Gasteiger partial charge in [-0.3, -0.25) is 9.10 Å². The van der Waals surface area contributed by atoms with Crippen LogP contribution in [0.1, 0.15) is 25.7 Å². The zero-order chi connectivity index (χ0) is 19.4. The predicted molar refractivity (Wildman–Crippen MR) is 107 cm³/mol. The number of sulfonamides is 1. The monoisotopic (exact) mass is 406 g/mol. The van der Waals surface area contributed by atoms with Gasteiger partial charge in [0, 0.05) is 18.1 Å². The van der Waals surface area contributed by atoms with Gasteiger partial charge in [0.15, 0.2) is 0 Å². The SMILES string of the molecule is CN(C(=O)CN(c1ccccc1)S(=O)(=O)c1ccc(Cl)cc1)C1CCCC1. The second-order valence-corrected chi connectivity index (χ2v) is 9.04. The summed E-state index contributed by atoms with van der Waals surface area (Å²) < 4.78 is 27.6. The predicted octanol–water partition coefficient (Wildman–Crippen LogP) is 3.94. The molecule has 0 heterocycles. The van der Waals surface area contributed by atoms with Gasteiger partial charge >= 0.3 is 0 Å². The van der Waals surface area contributed by atoms with Crippen LogP contribution in [-0.4, -0.2) is 38.9 Å². The Bertz CT molecular complexity index is 879. The molecule has 3 rings (SSSR count). The number of carbonyl (C=O) groups is 1. The minimum Gasteiger partial charge on any atom is -0.341 e. The van der Waals surface area contributed by atoms with Crippen molar-refractivity contribution in [2.75, 3.05) is 17.9 Å². The van der Waals surface area contributed by atoms with Crippen molar-refractivity contribution in [3.05, 3.63) is 59.6 Å². The molecule has 0 unspecified atom stereocenters. The number of amides is 1. The molecule has 27 heavy (non-hydrogen) atoms. The Kier molecular flexibility index (Phi) is 6.07. The number of rotatable bonds is 6. The molecular formula is C20H23ClN2O3S. The minimum absolute atomic E-state index is 0.104. The number of carbonyl (C=O) groups excluding carboxylic acids is 1. The molecule has 0 N–H and O–H groups in total. The highest BCUT2D eigenvalue weighted by atomic mass is 35.5. The molecule has 2 aromatic rings. The molecule has 7 heteroatoms. The topological polar surface area (TPSA) is 57.7 Å². The van der Waals surface area contributed by atoms with Crippen molar-refractivity contribution in [2.24, 2.45) is 0 Å². The Morgan fingerprint density at radius 1 is 1.04 bits per heavy atom. The molecule has 0 radical (unpaired) electrons. The highest BCUT2D eigenvalue weighted by molar-refractivity contribution is 7.92. The van der Waals surface area contributed by atoms with Crippen molar-refractivity contribution in [1.82, 2.24) is 4.90 Å². The van der Waals surface area contributed by atoms with Crippen molar-refractivity contribution in [2.45, 2.75) is 36.6 Å². The highest BCUT2D eigenvalue weighted by Crippen LogP contribution is 2.26. The average molecular weight is 407 g/mol. The first kappa shape index (κ1) is 19.7. The second kappa shape index (κ2) is 8.31. The number of hydrogen-bond donors (Lipinski definition) is 0. The molecule has 1 fully saturated rings. The lowest BCUT2D eigenvalue weighted by molar-refractivity contribution is -0.130. The highest BCUT2D eigenvalue weighted by Gasteiger charge is 2.30. The Balaban J connectivity index is 1.91. The van der Waals surface area contributed by atoms with Gasteiger partial charge in [-0.1, -0.05) is 42.6 Å². The molecule has 1 aliphatic carbocycles. The van der Waals surface area contributed by atoms with Crippen molar-refractivity contribution in [3.8, 4) is 0 Å². The van der Waals surface area contributed by atoms with Crippen molar-refractivity contribution in [1.29, 1.82) is 0 Å². The van der Waals surface area contributed by atoms with Crippen LogP contribution in [0.3, 0.4) is 0 Å². The van der Waals surface area contributed by atoms with Crippen LogP contribution in [0.2, 0.25) is 5.02 Å². The van der Waals surface area contributed by atoms with Crippen LogP contribution in [0.25, 0.3) is 0 Å². The van der Waals surface area contributed by atoms with E-state index in [2.05, 4.69) is 0 Å². The van der Waals surface area contributed by atoms with Crippen LogP contribution in [0.4, 0.5) is 5.69 Å². The smallest absolute Gasteiger partial charge is 0.264 e. The van der Waals surface area contributed by atoms with Crippen molar-refractivity contribution >= 4 is 33.2 Å². The van der Waals surface area contributed by atoms with E-state index in [-0.39, 0.29) is 23.4 Å². The van der Waals surface area contributed by atoms with Crippen molar-refractivity contribution < 1.29 is 13.2 Å². The lowest BCUT2D eigenvalue weighted by Gasteiger charge is -2.29. The Morgan fingerprint density at radius 3 is 2.22 bits per heavy atom. The second-order valence-electron chi connectivity index (χ2n) is 6.74. The van der Waals surface area contributed by atoms with E-state index in [1.807, 2.05) is 6.07 Å². The van der Waals surface area contributed by atoms with Gasteiger partial charge in [-0.2, -0.15) is 0 Å². The van der Waals surface area contributed by atoms with Crippen LogP contribution in [0, 0.1) is 0 Å². The molecule has 1 aliphatic rings. The maximum Gasteiger partial charge on any atom is 0.264 e. The van der Waals surface area contributed by atoms with E-state index in [1.165, 1.54) is 28.6 Å². The number of benzene rings is 2. The Hall–Kier alpha value is -2.05. The molecule has 1 amide bonds. The molecule has 0 aliphatic heterocycles. The van der Waals surface area contributed by atoms with Crippen LogP contribution in [0.5, 0.6) is 0 Å². The van der Waals surface area contributed by atoms with E-state index in [0.717, 1.165) is 25.7 Å². The summed E-state index contributed by atoms with van der Waals surface area (Å²) in [5.41, 5.74) is 0.459. The number of nitrogens with zero attached hydrogens (tertiary/aromatic N) is 2. The molecule has 0 spiro atoms. The molecule has 2 aromatic carbocycles. The lowest BCUT2D eigenvalue weighted by Crippen LogP contribution is -2.44. The molecule has 0 aromatic heterocycles. The summed E-state index contributed by atoms with van der Waals surface area (Å²) in [7, 11) is -2.14. The average Bonchev–Trinajstić information content (AvgIpc) is 3.21. The summed E-state index contributed by atoms with van der Waals surface area (Å²) in [6.07, 6.45) is 4.15. The Morgan fingerprint density at radius 2 is 1.63 bits per heavy atom. The van der Waals surface area contributed by atoms with Crippen LogP contribution < -0.4 is 4.31 Å². The van der Waals surface area contributed by atoms with E-state index in [0.29, 0.717) is 10.7 Å². The molecule has 0 atom stereocenters. The van der Waals surface area contributed by atoms with E-state index in [1.54, 1.807) is 36.2 Å². The quantitative estimate of drug-likeness (QED) is 0.730. The number of halogens is 1. The van der Waals surface area contributed by atoms with Gasteiger partial charge in [0.05, 0.1) is 10.6 Å². The van der Waals surface area contributed by atoms with Crippen LogP contribution >= 0.6 is 11.6 Å². The zero-order valence-electron chi connectivity index (χ0n) is 15.2. The Labute approximate surface area is 165 Å². The number of para-hydroxylation sites is 1. The fourth-order valence-corrected chi connectivity index (χ4v) is 4.91. The normalized spacial score (nSPS) is 14.9. The first-order valence-electron chi connectivity index (χ1n) is 8.98. The maximum absolute atomic E-state index is 13.2. The van der Waals surface area contributed by atoms with Crippen molar-refractivity contribution in [3.63, 3.8) is 0 Å². The molecule has 5 nitrogen and oxygen atoms in total. The van der Waals surface area contributed by atoms with E-state index in [9.17, 15) is 13.2 Å².